The average molecular weight is 337 g/mol. The van der Waals surface area contributed by atoms with Gasteiger partial charge in [-0.15, -0.1) is 0 Å². The molecule has 6 nitrogen and oxygen atoms in total. The number of nitro benzene ring substituents is 1. The summed E-state index contributed by atoms with van der Waals surface area (Å²) in [5.41, 5.74) is 0.528. The molecule has 0 heterocycles. The molecular weight excluding hydrogens is 324 g/mol. The highest BCUT2D eigenvalue weighted by molar-refractivity contribution is 9.10. The molecule has 0 aliphatic heterocycles. The lowest BCUT2D eigenvalue weighted by Gasteiger charge is -2.23. The lowest BCUT2D eigenvalue weighted by atomic mass is 10.1. The average Bonchev–Trinajstić information content (AvgIpc) is 2.37. The standard InChI is InChI=1S/C10H13BrN2O4S/c1-8(12(2)18(16,17)7-11)9-4-3-5-10(6-9)13(14)15/h3-6,8H,7H2,1-2H3. The lowest BCUT2D eigenvalue weighted by Crippen LogP contribution is -2.30. The second-order valence-electron chi connectivity index (χ2n) is 3.77. The zero-order chi connectivity index (χ0) is 13.9. The number of nitro groups is 1. The molecule has 1 unspecified atom stereocenters. The van der Waals surface area contributed by atoms with Gasteiger partial charge in [-0.1, -0.05) is 28.1 Å². The molecule has 0 spiro atoms. The van der Waals surface area contributed by atoms with Crippen molar-refractivity contribution in [1.29, 1.82) is 0 Å². The highest BCUT2D eigenvalue weighted by atomic mass is 79.9. The quantitative estimate of drug-likeness (QED) is 0.469. The Morgan fingerprint density at radius 2 is 2.11 bits per heavy atom. The third-order valence-corrected chi connectivity index (χ3v) is 5.89. The highest BCUT2D eigenvalue weighted by Gasteiger charge is 2.24. The Balaban J connectivity index is 3.08. The van der Waals surface area contributed by atoms with Crippen molar-refractivity contribution in [2.24, 2.45) is 0 Å². The van der Waals surface area contributed by atoms with Gasteiger partial charge in [-0.25, -0.2) is 8.42 Å². The van der Waals surface area contributed by atoms with Crippen LogP contribution in [0.3, 0.4) is 0 Å². The zero-order valence-electron chi connectivity index (χ0n) is 9.91. The smallest absolute Gasteiger partial charge is 0.258 e. The maximum atomic E-state index is 11.7. The first kappa shape index (κ1) is 15.1. The van der Waals surface area contributed by atoms with Crippen LogP contribution in [0.25, 0.3) is 0 Å². The SMILES string of the molecule is CC(c1cccc([N+](=O)[O-])c1)N(C)S(=O)(=O)CBr. The van der Waals surface area contributed by atoms with E-state index in [1.54, 1.807) is 19.1 Å². The second kappa shape index (κ2) is 5.77. The molecule has 100 valence electrons. The first-order chi connectivity index (χ1) is 8.29. The maximum Gasteiger partial charge on any atom is 0.269 e. The Bertz CT molecular complexity index is 547. The third-order valence-electron chi connectivity index (χ3n) is 2.69. The van der Waals surface area contributed by atoms with Crippen LogP contribution in [0.15, 0.2) is 24.3 Å². The number of alkyl halides is 1. The predicted octanol–water partition coefficient (Wildman–Crippen LogP) is 2.27. The van der Waals surface area contributed by atoms with Crippen molar-refractivity contribution in [3.05, 3.63) is 39.9 Å². The number of rotatable bonds is 5. The molecular formula is C10H13BrN2O4S. The summed E-state index contributed by atoms with van der Waals surface area (Å²) in [5.74, 6) is 0. The van der Waals surface area contributed by atoms with Gasteiger partial charge in [-0.3, -0.25) is 10.1 Å². The van der Waals surface area contributed by atoms with Crippen LogP contribution < -0.4 is 0 Å². The van der Waals surface area contributed by atoms with Gasteiger partial charge >= 0.3 is 0 Å². The van der Waals surface area contributed by atoms with Crippen LogP contribution in [0, 0.1) is 10.1 Å². The number of nitrogens with zero attached hydrogens (tertiary/aromatic N) is 2. The van der Waals surface area contributed by atoms with E-state index in [2.05, 4.69) is 15.9 Å². The normalized spacial score (nSPS) is 13.6. The van der Waals surface area contributed by atoms with Crippen molar-refractivity contribution in [3.63, 3.8) is 0 Å². The van der Waals surface area contributed by atoms with Gasteiger partial charge in [0.05, 0.1) is 4.92 Å². The van der Waals surface area contributed by atoms with Crippen LogP contribution in [0.1, 0.15) is 18.5 Å². The summed E-state index contributed by atoms with van der Waals surface area (Å²) in [6, 6.07) is 5.49. The Hall–Kier alpha value is -0.990. The molecule has 1 rings (SSSR count). The van der Waals surface area contributed by atoms with Crippen molar-refractivity contribution >= 4 is 31.6 Å². The van der Waals surface area contributed by atoms with Gasteiger partial charge in [0.15, 0.2) is 0 Å². The predicted molar refractivity (Wildman–Crippen MR) is 72.0 cm³/mol. The largest absolute Gasteiger partial charge is 0.269 e. The molecule has 1 atom stereocenters. The van der Waals surface area contributed by atoms with Gasteiger partial charge in [0.25, 0.3) is 5.69 Å². The minimum absolute atomic E-state index is 0.0519. The first-order valence-electron chi connectivity index (χ1n) is 5.05. The minimum Gasteiger partial charge on any atom is -0.258 e. The van der Waals surface area contributed by atoms with Crippen molar-refractivity contribution < 1.29 is 13.3 Å². The highest BCUT2D eigenvalue weighted by Crippen LogP contribution is 2.25. The number of hydrogen-bond donors (Lipinski definition) is 0. The van der Waals surface area contributed by atoms with Gasteiger partial charge < -0.3 is 0 Å². The molecule has 0 saturated heterocycles. The number of non-ortho nitro benzene ring substituents is 1. The number of benzene rings is 1. The minimum atomic E-state index is -3.40. The fourth-order valence-corrected chi connectivity index (χ4v) is 3.15. The van der Waals surface area contributed by atoms with Gasteiger partial charge in [0.2, 0.25) is 10.0 Å². The van der Waals surface area contributed by atoms with Crippen LogP contribution in [-0.4, -0.2) is 29.4 Å². The van der Waals surface area contributed by atoms with E-state index in [0.29, 0.717) is 5.56 Å². The molecule has 0 aliphatic rings. The lowest BCUT2D eigenvalue weighted by molar-refractivity contribution is -0.384. The topological polar surface area (TPSA) is 80.5 Å². The summed E-state index contributed by atoms with van der Waals surface area (Å²) in [5, 5.41) is 10.7. The summed E-state index contributed by atoms with van der Waals surface area (Å²) in [6.45, 7) is 1.68. The Kier molecular flexibility index (Phi) is 4.83. The molecule has 0 saturated carbocycles. The van der Waals surface area contributed by atoms with E-state index in [4.69, 9.17) is 0 Å². The van der Waals surface area contributed by atoms with E-state index in [-0.39, 0.29) is 10.3 Å². The van der Waals surface area contributed by atoms with Crippen molar-refractivity contribution in [2.75, 3.05) is 11.7 Å². The molecule has 8 heteroatoms. The summed E-state index contributed by atoms with van der Waals surface area (Å²) in [6.07, 6.45) is 0. The van der Waals surface area contributed by atoms with Gasteiger partial charge in [-0.05, 0) is 12.5 Å². The molecule has 0 N–H and O–H groups in total. The number of halogens is 1. The van der Waals surface area contributed by atoms with Crippen molar-refractivity contribution in [3.8, 4) is 0 Å². The summed E-state index contributed by atoms with van der Waals surface area (Å²) in [7, 11) is -1.95. The Labute approximate surface area is 114 Å². The van der Waals surface area contributed by atoms with E-state index in [1.165, 1.54) is 23.5 Å². The molecule has 1 aromatic carbocycles. The van der Waals surface area contributed by atoms with Crippen molar-refractivity contribution in [1.82, 2.24) is 4.31 Å². The number of hydrogen-bond acceptors (Lipinski definition) is 4. The Morgan fingerprint density at radius 3 is 2.61 bits per heavy atom. The maximum absolute atomic E-state index is 11.7. The fraction of sp³-hybridized carbons (Fsp3) is 0.400. The van der Waals surface area contributed by atoms with E-state index in [0.717, 1.165) is 0 Å². The van der Waals surface area contributed by atoms with Gasteiger partial charge in [0, 0.05) is 25.2 Å². The molecule has 0 aliphatic carbocycles. The Morgan fingerprint density at radius 1 is 1.50 bits per heavy atom. The van der Waals surface area contributed by atoms with Gasteiger partial charge in [0.1, 0.15) is 4.66 Å². The molecule has 0 amide bonds. The molecule has 0 bridgehead atoms. The van der Waals surface area contributed by atoms with E-state index >= 15 is 0 Å². The zero-order valence-corrected chi connectivity index (χ0v) is 12.3. The number of sulfonamides is 1. The summed E-state index contributed by atoms with van der Waals surface area (Å²) in [4.78, 5) is 10.2. The fourth-order valence-electron chi connectivity index (χ4n) is 1.43. The van der Waals surface area contributed by atoms with Crippen LogP contribution in [-0.2, 0) is 10.0 Å². The summed E-state index contributed by atoms with van der Waals surface area (Å²) < 4.78 is 24.4. The first-order valence-corrected chi connectivity index (χ1v) is 7.78. The van der Waals surface area contributed by atoms with E-state index in [9.17, 15) is 18.5 Å². The van der Waals surface area contributed by atoms with Crippen LogP contribution in [0.2, 0.25) is 0 Å². The second-order valence-corrected chi connectivity index (χ2v) is 7.10. The molecule has 18 heavy (non-hydrogen) atoms. The monoisotopic (exact) mass is 336 g/mol. The molecule has 1 aromatic rings. The molecule has 0 aromatic heterocycles. The van der Waals surface area contributed by atoms with E-state index < -0.39 is 21.0 Å². The van der Waals surface area contributed by atoms with Crippen LogP contribution >= 0.6 is 15.9 Å². The molecule has 0 radical (unpaired) electrons. The van der Waals surface area contributed by atoms with Crippen LogP contribution in [0.5, 0.6) is 0 Å². The summed E-state index contributed by atoms with van der Waals surface area (Å²) >= 11 is 2.91. The van der Waals surface area contributed by atoms with E-state index in [1.807, 2.05) is 0 Å². The third kappa shape index (κ3) is 3.27. The van der Waals surface area contributed by atoms with Crippen LogP contribution in [0.4, 0.5) is 5.69 Å². The molecule has 0 fully saturated rings. The van der Waals surface area contributed by atoms with Crippen molar-refractivity contribution in [2.45, 2.75) is 13.0 Å². The van der Waals surface area contributed by atoms with Gasteiger partial charge in [-0.2, -0.15) is 4.31 Å².